The first-order valence-electron chi connectivity index (χ1n) is 7.15. The number of benzene rings is 3. The van der Waals surface area contributed by atoms with Gasteiger partial charge in [-0.1, -0.05) is 72.8 Å². The molecule has 1 unspecified atom stereocenters. The number of aliphatic hydroxyl groups excluding tert-OH is 1. The number of hydrogen-bond donors (Lipinski definition) is 1. The second-order valence-corrected chi connectivity index (χ2v) is 4.95. The van der Waals surface area contributed by atoms with Crippen molar-refractivity contribution in [3.05, 3.63) is 83.9 Å². The predicted molar refractivity (Wildman–Crippen MR) is 85.3 cm³/mol. The van der Waals surface area contributed by atoms with E-state index in [1.54, 1.807) is 0 Å². The summed E-state index contributed by atoms with van der Waals surface area (Å²) < 4.78 is 5.92. The maximum atomic E-state index is 9.10. The molecular formula is C19H18O2. The van der Waals surface area contributed by atoms with Gasteiger partial charge in [0.2, 0.25) is 0 Å². The second kappa shape index (κ2) is 6.53. The molecule has 0 aromatic heterocycles. The fourth-order valence-corrected chi connectivity index (χ4v) is 2.64. The normalized spacial score (nSPS) is 12.4. The van der Waals surface area contributed by atoms with Crippen LogP contribution in [0.5, 0.6) is 0 Å². The standard InChI is InChI=1S/C19H18O2/c20-13-14-21-19(16-8-2-1-3-9-16)18-12-6-10-15-7-4-5-11-17(15)18/h1-12,19-20H,13-14H2. The van der Waals surface area contributed by atoms with E-state index in [1.165, 1.54) is 10.8 Å². The Kier molecular flexibility index (Phi) is 4.29. The van der Waals surface area contributed by atoms with Crippen LogP contribution in [0.3, 0.4) is 0 Å². The minimum atomic E-state index is -0.163. The maximum absolute atomic E-state index is 9.10. The SMILES string of the molecule is OCCOC(c1ccccc1)c1cccc2ccccc12. The number of ether oxygens (including phenoxy) is 1. The van der Waals surface area contributed by atoms with Crippen molar-refractivity contribution in [3.8, 4) is 0 Å². The van der Waals surface area contributed by atoms with Gasteiger partial charge in [-0.05, 0) is 21.9 Å². The van der Waals surface area contributed by atoms with Crippen LogP contribution in [0.1, 0.15) is 17.2 Å². The minimum absolute atomic E-state index is 0.0219. The first kappa shape index (κ1) is 13.8. The lowest BCUT2D eigenvalue weighted by Gasteiger charge is -2.20. The summed E-state index contributed by atoms with van der Waals surface area (Å²) in [5.41, 5.74) is 2.23. The van der Waals surface area contributed by atoms with Crippen LogP contribution in [0.2, 0.25) is 0 Å². The average Bonchev–Trinajstić information content (AvgIpc) is 2.56. The minimum Gasteiger partial charge on any atom is -0.394 e. The number of hydrogen-bond acceptors (Lipinski definition) is 2. The van der Waals surface area contributed by atoms with Crippen molar-refractivity contribution in [1.82, 2.24) is 0 Å². The molecule has 0 spiro atoms. The highest BCUT2D eigenvalue weighted by atomic mass is 16.5. The van der Waals surface area contributed by atoms with E-state index in [4.69, 9.17) is 9.84 Å². The summed E-state index contributed by atoms with van der Waals surface area (Å²) in [5.74, 6) is 0. The van der Waals surface area contributed by atoms with Crippen LogP contribution in [-0.4, -0.2) is 18.3 Å². The third-order valence-corrected chi connectivity index (χ3v) is 3.58. The average molecular weight is 278 g/mol. The van der Waals surface area contributed by atoms with Crippen LogP contribution in [-0.2, 0) is 4.74 Å². The van der Waals surface area contributed by atoms with Crippen molar-refractivity contribution < 1.29 is 9.84 Å². The van der Waals surface area contributed by atoms with E-state index in [9.17, 15) is 0 Å². The second-order valence-electron chi connectivity index (χ2n) is 4.95. The monoisotopic (exact) mass is 278 g/mol. The molecule has 0 heterocycles. The van der Waals surface area contributed by atoms with Gasteiger partial charge in [-0.3, -0.25) is 0 Å². The quantitative estimate of drug-likeness (QED) is 0.766. The summed E-state index contributed by atoms with van der Waals surface area (Å²) in [4.78, 5) is 0. The zero-order chi connectivity index (χ0) is 14.5. The van der Waals surface area contributed by atoms with E-state index < -0.39 is 0 Å². The molecule has 0 aliphatic carbocycles. The molecular weight excluding hydrogens is 260 g/mol. The van der Waals surface area contributed by atoms with Crippen LogP contribution >= 0.6 is 0 Å². The molecule has 0 bridgehead atoms. The molecule has 0 saturated carbocycles. The maximum Gasteiger partial charge on any atom is 0.108 e. The Morgan fingerprint density at radius 3 is 2.33 bits per heavy atom. The molecule has 1 atom stereocenters. The van der Waals surface area contributed by atoms with E-state index in [-0.39, 0.29) is 12.7 Å². The van der Waals surface area contributed by atoms with Gasteiger partial charge in [-0.25, -0.2) is 0 Å². The van der Waals surface area contributed by atoms with Crippen LogP contribution in [0, 0.1) is 0 Å². The fraction of sp³-hybridized carbons (Fsp3) is 0.158. The zero-order valence-corrected chi connectivity index (χ0v) is 11.8. The number of aliphatic hydroxyl groups is 1. The summed E-state index contributed by atoms with van der Waals surface area (Å²) in [6, 6.07) is 24.7. The first-order chi connectivity index (χ1) is 10.4. The molecule has 3 rings (SSSR count). The first-order valence-corrected chi connectivity index (χ1v) is 7.15. The molecule has 0 fully saturated rings. The van der Waals surface area contributed by atoms with E-state index in [0.717, 1.165) is 11.1 Å². The highest BCUT2D eigenvalue weighted by molar-refractivity contribution is 5.86. The number of rotatable bonds is 5. The van der Waals surface area contributed by atoms with Gasteiger partial charge in [-0.2, -0.15) is 0 Å². The largest absolute Gasteiger partial charge is 0.394 e. The molecule has 2 heteroatoms. The van der Waals surface area contributed by atoms with Gasteiger partial charge in [0.05, 0.1) is 13.2 Å². The Hall–Kier alpha value is -2.16. The van der Waals surface area contributed by atoms with Crippen molar-refractivity contribution in [2.24, 2.45) is 0 Å². The van der Waals surface area contributed by atoms with Gasteiger partial charge in [-0.15, -0.1) is 0 Å². The summed E-state index contributed by atoms with van der Waals surface area (Å²) in [6.07, 6.45) is -0.163. The summed E-state index contributed by atoms with van der Waals surface area (Å²) >= 11 is 0. The van der Waals surface area contributed by atoms with Crippen molar-refractivity contribution in [2.45, 2.75) is 6.10 Å². The molecule has 0 radical (unpaired) electrons. The van der Waals surface area contributed by atoms with Crippen molar-refractivity contribution in [3.63, 3.8) is 0 Å². The molecule has 0 saturated heterocycles. The smallest absolute Gasteiger partial charge is 0.108 e. The van der Waals surface area contributed by atoms with Gasteiger partial charge in [0, 0.05) is 0 Å². The van der Waals surface area contributed by atoms with Crippen molar-refractivity contribution in [2.75, 3.05) is 13.2 Å². The summed E-state index contributed by atoms with van der Waals surface area (Å²) in [6.45, 7) is 0.344. The molecule has 0 aliphatic heterocycles. The lowest BCUT2D eigenvalue weighted by molar-refractivity contribution is 0.0509. The third-order valence-electron chi connectivity index (χ3n) is 3.58. The van der Waals surface area contributed by atoms with Gasteiger partial charge < -0.3 is 9.84 Å². The molecule has 106 valence electrons. The van der Waals surface area contributed by atoms with Gasteiger partial charge in [0.15, 0.2) is 0 Å². The van der Waals surface area contributed by atoms with Crippen molar-refractivity contribution in [1.29, 1.82) is 0 Å². The topological polar surface area (TPSA) is 29.5 Å². The molecule has 3 aromatic carbocycles. The highest BCUT2D eigenvalue weighted by Crippen LogP contribution is 2.31. The van der Waals surface area contributed by atoms with Gasteiger partial charge in [0.25, 0.3) is 0 Å². The van der Waals surface area contributed by atoms with E-state index in [1.807, 2.05) is 30.3 Å². The fourth-order valence-electron chi connectivity index (χ4n) is 2.64. The molecule has 1 N–H and O–H groups in total. The Bertz CT molecular complexity index is 702. The molecule has 3 aromatic rings. The predicted octanol–water partition coefficient (Wildman–Crippen LogP) is 3.94. The zero-order valence-electron chi connectivity index (χ0n) is 11.8. The summed E-state index contributed by atoms with van der Waals surface area (Å²) in [5, 5.41) is 11.5. The van der Waals surface area contributed by atoms with E-state index >= 15 is 0 Å². The molecule has 0 aliphatic rings. The Morgan fingerprint density at radius 1 is 0.810 bits per heavy atom. The van der Waals surface area contributed by atoms with Gasteiger partial charge >= 0.3 is 0 Å². The van der Waals surface area contributed by atoms with Crippen LogP contribution in [0.4, 0.5) is 0 Å². The van der Waals surface area contributed by atoms with E-state index in [2.05, 4.69) is 42.5 Å². The van der Waals surface area contributed by atoms with E-state index in [0.29, 0.717) is 6.61 Å². The van der Waals surface area contributed by atoms with Crippen LogP contribution in [0.25, 0.3) is 10.8 Å². The Morgan fingerprint density at radius 2 is 1.52 bits per heavy atom. The van der Waals surface area contributed by atoms with Crippen LogP contribution < -0.4 is 0 Å². The van der Waals surface area contributed by atoms with Crippen molar-refractivity contribution >= 4 is 10.8 Å². The Balaban J connectivity index is 2.10. The third kappa shape index (κ3) is 2.97. The molecule has 2 nitrogen and oxygen atoms in total. The molecule has 0 amide bonds. The number of fused-ring (bicyclic) bond motifs is 1. The lowest BCUT2D eigenvalue weighted by atomic mass is 9.96. The van der Waals surface area contributed by atoms with Crippen LogP contribution in [0.15, 0.2) is 72.8 Å². The lowest BCUT2D eigenvalue weighted by Crippen LogP contribution is -2.10. The highest BCUT2D eigenvalue weighted by Gasteiger charge is 2.16. The summed E-state index contributed by atoms with van der Waals surface area (Å²) in [7, 11) is 0. The van der Waals surface area contributed by atoms with Gasteiger partial charge in [0.1, 0.15) is 6.10 Å². The molecule has 21 heavy (non-hydrogen) atoms. The Labute approximate surface area is 124 Å².